The molecule has 1 aromatic heterocycles. The fourth-order valence-corrected chi connectivity index (χ4v) is 2.28. The minimum atomic E-state index is 0.405. The summed E-state index contributed by atoms with van der Waals surface area (Å²) < 4.78 is 10.9. The van der Waals surface area contributed by atoms with Gasteiger partial charge in [0.25, 0.3) is 0 Å². The van der Waals surface area contributed by atoms with Gasteiger partial charge in [-0.1, -0.05) is 37.0 Å². The normalized spacial score (nSPS) is 11.1. The van der Waals surface area contributed by atoms with Crippen LogP contribution in [0.5, 0.6) is 5.75 Å². The Morgan fingerprint density at radius 1 is 1.20 bits per heavy atom. The van der Waals surface area contributed by atoms with Crippen LogP contribution < -0.4 is 10.1 Å². The lowest BCUT2D eigenvalue weighted by molar-refractivity contribution is 0.415. The molecule has 0 unspecified atom stereocenters. The Kier molecular flexibility index (Phi) is 4.97. The predicted octanol–water partition coefficient (Wildman–Crippen LogP) is 4.76. The van der Waals surface area contributed by atoms with Crippen LogP contribution in [0.3, 0.4) is 0 Å². The van der Waals surface area contributed by atoms with E-state index < -0.39 is 0 Å². The number of benzene rings is 1. The van der Waals surface area contributed by atoms with Crippen LogP contribution in [0.1, 0.15) is 19.6 Å². The van der Waals surface area contributed by atoms with Gasteiger partial charge in [0.1, 0.15) is 17.3 Å². The molecule has 20 heavy (non-hydrogen) atoms. The molecular weight excluding hydrogens is 297 g/mol. The zero-order chi connectivity index (χ0) is 14.7. The van der Waals surface area contributed by atoms with Crippen LogP contribution in [0.4, 0.5) is 0 Å². The van der Waals surface area contributed by atoms with E-state index in [2.05, 4.69) is 19.2 Å². The zero-order valence-corrected chi connectivity index (χ0v) is 13.2. The average molecular weight is 314 g/mol. The quantitative estimate of drug-likeness (QED) is 0.864. The molecule has 0 aliphatic rings. The highest BCUT2D eigenvalue weighted by Crippen LogP contribution is 2.37. The molecule has 1 N–H and O–H groups in total. The molecule has 3 nitrogen and oxygen atoms in total. The Balaban J connectivity index is 2.26. The molecule has 1 heterocycles. The van der Waals surface area contributed by atoms with Crippen LogP contribution in [0, 0.1) is 0 Å². The number of furan rings is 1. The highest BCUT2D eigenvalue weighted by molar-refractivity contribution is 6.36. The molecule has 0 saturated carbocycles. The molecule has 0 aliphatic carbocycles. The SMILES string of the molecule is COc1cc(Cl)c(-c2ccc(CNC(C)C)o2)cc1Cl. The number of methoxy groups -OCH3 is 1. The van der Waals surface area contributed by atoms with Gasteiger partial charge in [0.05, 0.1) is 23.7 Å². The first-order valence-electron chi connectivity index (χ1n) is 6.36. The molecule has 0 radical (unpaired) electrons. The standard InChI is InChI=1S/C15H17Cl2NO2/c1-9(2)18-8-10-4-5-14(20-10)11-6-13(17)15(19-3)7-12(11)16/h4-7,9,18H,8H2,1-3H3. The van der Waals surface area contributed by atoms with Crippen LogP contribution in [0.2, 0.25) is 10.0 Å². The second kappa shape index (κ2) is 6.53. The molecule has 1 aromatic carbocycles. The fourth-order valence-electron chi connectivity index (χ4n) is 1.80. The lowest BCUT2D eigenvalue weighted by Crippen LogP contribution is -2.21. The van der Waals surface area contributed by atoms with E-state index in [4.69, 9.17) is 32.4 Å². The van der Waals surface area contributed by atoms with Crippen molar-refractivity contribution in [1.29, 1.82) is 0 Å². The molecule has 0 amide bonds. The molecule has 108 valence electrons. The fraction of sp³-hybridized carbons (Fsp3) is 0.333. The Bertz CT molecular complexity index is 594. The molecule has 5 heteroatoms. The van der Waals surface area contributed by atoms with Crippen molar-refractivity contribution in [3.05, 3.63) is 40.1 Å². The van der Waals surface area contributed by atoms with Crippen molar-refractivity contribution in [3.63, 3.8) is 0 Å². The Morgan fingerprint density at radius 3 is 2.60 bits per heavy atom. The predicted molar refractivity (Wildman–Crippen MR) is 82.7 cm³/mol. The number of nitrogens with one attached hydrogen (secondary N) is 1. The van der Waals surface area contributed by atoms with Crippen LogP contribution in [-0.2, 0) is 6.54 Å². The van der Waals surface area contributed by atoms with Gasteiger partial charge < -0.3 is 14.5 Å². The molecule has 2 aromatic rings. The summed E-state index contributed by atoms with van der Waals surface area (Å²) in [7, 11) is 1.56. The van der Waals surface area contributed by atoms with Gasteiger partial charge in [-0.2, -0.15) is 0 Å². The van der Waals surface area contributed by atoms with Crippen LogP contribution in [0.15, 0.2) is 28.7 Å². The highest BCUT2D eigenvalue weighted by Gasteiger charge is 2.13. The number of hydrogen-bond acceptors (Lipinski definition) is 3. The molecule has 0 bridgehead atoms. The van der Waals surface area contributed by atoms with Gasteiger partial charge in [-0.3, -0.25) is 0 Å². The van der Waals surface area contributed by atoms with Gasteiger partial charge in [0, 0.05) is 17.7 Å². The van der Waals surface area contributed by atoms with Crippen molar-refractivity contribution >= 4 is 23.2 Å². The van der Waals surface area contributed by atoms with Crippen molar-refractivity contribution in [2.24, 2.45) is 0 Å². The van der Waals surface area contributed by atoms with Crippen molar-refractivity contribution < 1.29 is 9.15 Å². The van der Waals surface area contributed by atoms with Crippen molar-refractivity contribution in [2.45, 2.75) is 26.4 Å². The maximum atomic E-state index is 6.24. The van der Waals surface area contributed by atoms with Crippen molar-refractivity contribution in [2.75, 3.05) is 7.11 Å². The van der Waals surface area contributed by atoms with Crippen molar-refractivity contribution in [3.8, 4) is 17.1 Å². The van der Waals surface area contributed by atoms with Gasteiger partial charge in [0.15, 0.2) is 0 Å². The Morgan fingerprint density at radius 2 is 1.95 bits per heavy atom. The van der Waals surface area contributed by atoms with Gasteiger partial charge in [-0.05, 0) is 18.2 Å². The maximum absolute atomic E-state index is 6.24. The van der Waals surface area contributed by atoms with Crippen LogP contribution in [0.25, 0.3) is 11.3 Å². The zero-order valence-electron chi connectivity index (χ0n) is 11.7. The third-order valence-electron chi connectivity index (χ3n) is 2.85. The van der Waals surface area contributed by atoms with E-state index in [0.717, 1.165) is 11.3 Å². The van der Waals surface area contributed by atoms with E-state index in [-0.39, 0.29) is 0 Å². The number of hydrogen-bond donors (Lipinski definition) is 1. The molecule has 0 fully saturated rings. The lowest BCUT2D eigenvalue weighted by atomic mass is 10.1. The first-order chi connectivity index (χ1) is 9.51. The Hall–Kier alpha value is -1.16. The maximum Gasteiger partial charge on any atom is 0.138 e. The van der Waals surface area contributed by atoms with Gasteiger partial charge in [0.2, 0.25) is 0 Å². The van der Waals surface area contributed by atoms with E-state index in [1.807, 2.05) is 12.1 Å². The van der Waals surface area contributed by atoms with Crippen LogP contribution in [-0.4, -0.2) is 13.2 Å². The minimum Gasteiger partial charge on any atom is -0.495 e. The van der Waals surface area contributed by atoms with E-state index in [0.29, 0.717) is 34.1 Å². The van der Waals surface area contributed by atoms with E-state index in [1.54, 1.807) is 19.2 Å². The van der Waals surface area contributed by atoms with Gasteiger partial charge >= 0.3 is 0 Å². The summed E-state index contributed by atoms with van der Waals surface area (Å²) in [5.41, 5.74) is 0.758. The van der Waals surface area contributed by atoms with Gasteiger partial charge in [-0.25, -0.2) is 0 Å². The Labute approximate surface area is 128 Å². The molecule has 2 rings (SSSR count). The lowest BCUT2D eigenvalue weighted by Gasteiger charge is -2.07. The summed E-state index contributed by atoms with van der Waals surface area (Å²) in [5, 5.41) is 4.35. The number of rotatable bonds is 5. The van der Waals surface area contributed by atoms with E-state index in [1.165, 1.54) is 0 Å². The van der Waals surface area contributed by atoms with Crippen molar-refractivity contribution in [1.82, 2.24) is 5.32 Å². The summed E-state index contributed by atoms with van der Waals surface area (Å²) >= 11 is 12.4. The molecule has 0 aliphatic heterocycles. The summed E-state index contributed by atoms with van der Waals surface area (Å²) in [4.78, 5) is 0. The third-order valence-corrected chi connectivity index (χ3v) is 3.46. The molecule has 0 atom stereocenters. The summed E-state index contributed by atoms with van der Waals surface area (Å²) in [6.45, 7) is 4.85. The minimum absolute atomic E-state index is 0.405. The third kappa shape index (κ3) is 3.48. The van der Waals surface area contributed by atoms with E-state index >= 15 is 0 Å². The molecule has 0 saturated heterocycles. The summed E-state index contributed by atoms with van der Waals surface area (Å²) in [5.74, 6) is 2.10. The smallest absolute Gasteiger partial charge is 0.138 e. The number of ether oxygens (including phenoxy) is 1. The number of halogens is 2. The van der Waals surface area contributed by atoms with Crippen LogP contribution >= 0.6 is 23.2 Å². The average Bonchev–Trinajstić information content (AvgIpc) is 2.87. The topological polar surface area (TPSA) is 34.4 Å². The van der Waals surface area contributed by atoms with Gasteiger partial charge in [-0.15, -0.1) is 0 Å². The molecule has 0 spiro atoms. The first kappa shape index (κ1) is 15.2. The second-order valence-corrected chi connectivity index (χ2v) is 5.58. The molecular formula is C15H17Cl2NO2. The monoisotopic (exact) mass is 313 g/mol. The van der Waals surface area contributed by atoms with E-state index in [9.17, 15) is 0 Å². The summed E-state index contributed by atoms with van der Waals surface area (Å²) in [6, 6.07) is 7.66. The highest BCUT2D eigenvalue weighted by atomic mass is 35.5. The summed E-state index contributed by atoms with van der Waals surface area (Å²) in [6.07, 6.45) is 0. The first-order valence-corrected chi connectivity index (χ1v) is 7.12. The largest absolute Gasteiger partial charge is 0.495 e. The second-order valence-electron chi connectivity index (χ2n) is 4.77.